The molecule has 1 saturated heterocycles. The van der Waals surface area contributed by atoms with Gasteiger partial charge in [-0.25, -0.2) is 0 Å². The number of nitrogens with zero attached hydrogens (tertiary/aromatic N) is 2. The lowest BCUT2D eigenvalue weighted by molar-refractivity contribution is 0.720. The second-order valence-electron chi connectivity index (χ2n) is 8.00. The largest absolute Gasteiger partial charge is 0.372 e. The Kier molecular flexibility index (Phi) is 7.11. The van der Waals surface area contributed by atoms with Gasteiger partial charge in [0.25, 0.3) is 0 Å². The van der Waals surface area contributed by atoms with Crippen LogP contribution in [0.25, 0.3) is 0 Å². The van der Waals surface area contributed by atoms with E-state index in [0.29, 0.717) is 0 Å². The molecule has 0 radical (unpaired) electrons. The highest BCUT2D eigenvalue weighted by Gasteiger charge is 2.38. The zero-order valence-corrected chi connectivity index (χ0v) is 19.1. The molecule has 2 aromatic carbocycles. The summed E-state index contributed by atoms with van der Waals surface area (Å²) < 4.78 is 0. The van der Waals surface area contributed by atoms with Crippen molar-refractivity contribution in [3.63, 3.8) is 0 Å². The van der Waals surface area contributed by atoms with Gasteiger partial charge in [-0.05, 0) is 57.1 Å². The summed E-state index contributed by atoms with van der Waals surface area (Å²) >= 11 is 0. The Morgan fingerprint density at radius 3 is 1.71 bits per heavy atom. The van der Waals surface area contributed by atoms with Gasteiger partial charge in [-0.2, -0.15) is 0 Å². The maximum Gasteiger partial charge on any atom is 0.157 e. The first-order valence-corrected chi connectivity index (χ1v) is 13.6. The average Bonchev–Trinajstić information content (AvgIpc) is 2.76. The Morgan fingerprint density at radius 1 is 0.750 bits per heavy atom. The van der Waals surface area contributed by atoms with Crippen molar-refractivity contribution in [2.75, 3.05) is 36.0 Å². The van der Waals surface area contributed by atoms with Crippen molar-refractivity contribution >= 4 is 29.8 Å². The SMILES string of the molecule is [CH2+]CN(CC)c1cccc([Si]2(c3cccc(N(CC)CC)c3)CCCCC2)c1. The first-order valence-electron chi connectivity index (χ1n) is 11.2. The quantitative estimate of drug-likeness (QED) is 0.463. The Labute approximate surface area is 173 Å². The van der Waals surface area contributed by atoms with Gasteiger partial charge < -0.3 is 9.80 Å². The van der Waals surface area contributed by atoms with Crippen molar-refractivity contribution in [1.29, 1.82) is 0 Å². The Hall–Kier alpha value is -1.87. The van der Waals surface area contributed by atoms with Crippen molar-refractivity contribution in [2.45, 2.75) is 52.1 Å². The molecule has 0 aromatic heterocycles. The number of anilines is 2. The van der Waals surface area contributed by atoms with Gasteiger partial charge in [-0.15, -0.1) is 0 Å². The number of hydrogen-bond donors (Lipinski definition) is 0. The van der Waals surface area contributed by atoms with Crippen LogP contribution in [0.15, 0.2) is 48.5 Å². The summed E-state index contributed by atoms with van der Waals surface area (Å²) in [6, 6.07) is 21.8. The summed E-state index contributed by atoms with van der Waals surface area (Å²) in [5, 5.41) is 3.25. The minimum atomic E-state index is -1.71. The van der Waals surface area contributed by atoms with Crippen LogP contribution in [0.3, 0.4) is 0 Å². The zero-order valence-electron chi connectivity index (χ0n) is 18.1. The average molecular weight is 394 g/mol. The molecule has 0 N–H and O–H groups in total. The van der Waals surface area contributed by atoms with Crippen molar-refractivity contribution in [1.82, 2.24) is 0 Å². The van der Waals surface area contributed by atoms with E-state index in [0.717, 1.165) is 26.2 Å². The molecule has 3 rings (SSSR count). The molecule has 2 aromatic rings. The standard InChI is InChI=1S/C25H37N2Si/c1-5-26(6-2)22-14-12-16-24(20-22)28(18-10-9-11-19-28)25-17-13-15-23(21-25)27(7-3)8-4/h12-17,20-21H,1,5-11,18-19H2,2-4H3/q+1. The van der Waals surface area contributed by atoms with Gasteiger partial charge in [0.1, 0.15) is 8.07 Å². The van der Waals surface area contributed by atoms with Gasteiger partial charge in [0.05, 0.1) is 6.92 Å². The van der Waals surface area contributed by atoms with Crippen molar-refractivity contribution in [3.05, 3.63) is 55.5 Å². The maximum absolute atomic E-state index is 4.13. The highest BCUT2D eigenvalue weighted by atomic mass is 28.3. The second kappa shape index (κ2) is 9.55. The molecule has 1 fully saturated rings. The van der Waals surface area contributed by atoms with Crippen LogP contribution in [0.5, 0.6) is 0 Å². The van der Waals surface area contributed by atoms with E-state index in [1.165, 1.54) is 42.7 Å². The van der Waals surface area contributed by atoms with Gasteiger partial charge in [-0.1, -0.05) is 53.9 Å². The molecule has 0 aliphatic carbocycles. The molecule has 28 heavy (non-hydrogen) atoms. The van der Waals surface area contributed by atoms with E-state index in [4.69, 9.17) is 0 Å². The van der Waals surface area contributed by atoms with E-state index in [-0.39, 0.29) is 0 Å². The molecule has 1 aliphatic heterocycles. The molecule has 0 amide bonds. The third-order valence-electron chi connectivity index (χ3n) is 6.65. The van der Waals surface area contributed by atoms with E-state index < -0.39 is 8.07 Å². The van der Waals surface area contributed by atoms with Gasteiger partial charge in [0.15, 0.2) is 6.54 Å². The molecular weight excluding hydrogens is 356 g/mol. The fourth-order valence-corrected chi connectivity index (χ4v) is 10.1. The third kappa shape index (κ3) is 4.10. The van der Waals surface area contributed by atoms with E-state index in [2.05, 4.69) is 86.0 Å². The molecule has 150 valence electrons. The maximum atomic E-state index is 4.13. The molecule has 0 spiro atoms. The molecule has 3 heteroatoms. The summed E-state index contributed by atoms with van der Waals surface area (Å²) in [5.41, 5.74) is 2.73. The highest BCUT2D eigenvalue weighted by Crippen LogP contribution is 2.30. The summed E-state index contributed by atoms with van der Waals surface area (Å²) in [7, 11) is -1.71. The summed E-state index contributed by atoms with van der Waals surface area (Å²) in [4.78, 5) is 4.85. The summed E-state index contributed by atoms with van der Waals surface area (Å²) in [6.07, 6.45) is 4.14. The molecule has 0 saturated carbocycles. The molecule has 0 bridgehead atoms. The predicted octanol–water partition coefficient (Wildman–Crippen LogP) is 4.94. The molecule has 1 heterocycles. The first-order chi connectivity index (χ1) is 13.7. The van der Waals surface area contributed by atoms with Crippen LogP contribution < -0.4 is 20.2 Å². The van der Waals surface area contributed by atoms with Crippen LogP contribution in [0.1, 0.15) is 40.0 Å². The van der Waals surface area contributed by atoms with Crippen molar-refractivity contribution in [3.8, 4) is 0 Å². The minimum Gasteiger partial charge on any atom is -0.372 e. The number of hydrogen-bond acceptors (Lipinski definition) is 2. The fraction of sp³-hybridized carbons (Fsp3) is 0.480. The van der Waals surface area contributed by atoms with Gasteiger partial charge in [-0.3, -0.25) is 0 Å². The zero-order chi connectivity index (χ0) is 20.0. The van der Waals surface area contributed by atoms with Crippen LogP contribution in [0.4, 0.5) is 11.4 Å². The highest BCUT2D eigenvalue weighted by molar-refractivity contribution is 7.02. The van der Waals surface area contributed by atoms with Crippen molar-refractivity contribution in [2.24, 2.45) is 0 Å². The normalized spacial score (nSPS) is 16.0. The Balaban J connectivity index is 2.08. The van der Waals surface area contributed by atoms with Crippen molar-refractivity contribution < 1.29 is 0 Å². The van der Waals surface area contributed by atoms with Crippen LogP contribution >= 0.6 is 0 Å². The van der Waals surface area contributed by atoms with E-state index in [9.17, 15) is 0 Å². The van der Waals surface area contributed by atoms with Gasteiger partial charge in [0.2, 0.25) is 0 Å². The summed E-state index contributed by atoms with van der Waals surface area (Å²) in [6.45, 7) is 14.8. The second-order valence-corrected chi connectivity index (χ2v) is 12.3. The fourth-order valence-electron chi connectivity index (χ4n) is 4.96. The topological polar surface area (TPSA) is 6.48 Å². The molecule has 0 atom stereocenters. The first kappa shape index (κ1) is 20.9. The minimum absolute atomic E-state index is 0.825. The number of benzene rings is 2. The van der Waals surface area contributed by atoms with Crippen LogP contribution in [0.2, 0.25) is 12.1 Å². The van der Waals surface area contributed by atoms with Crippen LogP contribution in [-0.2, 0) is 0 Å². The van der Waals surface area contributed by atoms with Gasteiger partial charge >= 0.3 is 0 Å². The molecule has 1 aliphatic rings. The van der Waals surface area contributed by atoms with E-state index in [1.807, 2.05) is 0 Å². The molecule has 0 unspecified atom stereocenters. The van der Waals surface area contributed by atoms with E-state index in [1.54, 1.807) is 10.4 Å². The third-order valence-corrected chi connectivity index (χ3v) is 11.9. The Bertz CT molecular complexity index is 686. The lowest BCUT2D eigenvalue weighted by Gasteiger charge is -2.37. The lowest BCUT2D eigenvalue weighted by atomic mass is 10.2. The van der Waals surface area contributed by atoms with Crippen LogP contribution in [0, 0.1) is 6.92 Å². The monoisotopic (exact) mass is 393 g/mol. The molecule has 2 nitrogen and oxygen atoms in total. The number of rotatable bonds is 8. The van der Waals surface area contributed by atoms with Crippen LogP contribution in [-0.4, -0.2) is 34.3 Å². The lowest BCUT2D eigenvalue weighted by Crippen LogP contribution is -2.59. The van der Waals surface area contributed by atoms with E-state index >= 15 is 0 Å². The van der Waals surface area contributed by atoms with Gasteiger partial charge in [0, 0.05) is 31.0 Å². The Morgan fingerprint density at radius 2 is 1.25 bits per heavy atom. The summed E-state index contributed by atoms with van der Waals surface area (Å²) in [5.74, 6) is 0. The predicted molar refractivity (Wildman–Crippen MR) is 128 cm³/mol. The molecular formula is C25H37N2Si+. The smallest absolute Gasteiger partial charge is 0.157 e.